The summed E-state index contributed by atoms with van der Waals surface area (Å²) in [7, 11) is 1.57. The van der Waals surface area contributed by atoms with Crippen molar-refractivity contribution in [2.45, 2.75) is 33.1 Å². The van der Waals surface area contributed by atoms with Gasteiger partial charge in [-0.05, 0) is 67.4 Å². The Morgan fingerprint density at radius 2 is 1.44 bits per heavy atom. The van der Waals surface area contributed by atoms with Gasteiger partial charge in [0, 0.05) is 62.7 Å². The smallest absolute Gasteiger partial charge is 0.321 e. The molecule has 9 heteroatoms. The number of hydrogen-bond acceptors (Lipinski definition) is 5. The molecule has 0 unspecified atom stereocenters. The number of carbonyl (C=O) groups excluding carboxylic acids is 2. The Morgan fingerprint density at radius 1 is 0.829 bits per heavy atom. The lowest BCUT2D eigenvalue weighted by molar-refractivity contribution is 0.0963. The van der Waals surface area contributed by atoms with E-state index >= 15 is 0 Å². The molecule has 0 bridgehead atoms. The van der Waals surface area contributed by atoms with Crippen LogP contribution in [-0.2, 0) is 0 Å². The maximum Gasteiger partial charge on any atom is 0.321 e. The molecular formula is C32H39FN4O4. The van der Waals surface area contributed by atoms with Crippen LogP contribution >= 0.6 is 0 Å². The van der Waals surface area contributed by atoms with Crippen molar-refractivity contribution in [3.8, 4) is 23.0 Å². The average Bonchev–Trinajstić information content (AvgIpc) is 3.22. The summed E-state index contributed by atoms with van der Waals surface area (Å²) in [4.78, 5) is 29.5. The maximum atomic E-state index is 13.4. The monoisotopic (exact) mass is 562 g/mol. The standard InChI is InChI=1S/C32H39FN4O4/c1-4-23(5-2)22-36-15-6-16-37(18-17-36)32(39)35-26-19-29(40-27-11-7-24(8-12-27)31(38)34-3)21-30(20-26)41-28-13-9-25(33)10-14-28/h7-14,19-21,23H,4-6,15-18,22H2,1-3H3,(H,34,38)(H,35,39). The molecule has 0 spiro atoms. The van der Waals surface area contributed by atoms with E-state index in [2.05, 4.69) is 29.4 Å². The summed E-state index contributed by atoms with van der Waals surface area (Å²) in [5, 5.41) is 5.60. The first-order valence-electron chi connectivity index (χ1n) is 14.2. The van der Waals surface area contributed by atoms with Gasteiger partial charge in [0.15, 0.2) is 0 Å². The van der Waals surface area contributed by atoms with Crippen molar-refractivity contribution < 1.29 is 23.5 Å². The summed E-state index contributed by atoms with van der Waals surface area (Å²) in [5.74, 6) is 1.93. The number of hydrogen-bond donors (Lipinski definition) is 2. The van der Waals surface area contributed by atoms with Crippen molar-refractivity contribution in [1.82, 2.24) is 15.1 Å². The van der Waals surface area contributed by atoms with Crippen LogP contribution in [0.5, 0.6) is 23.0 Å². The summed E-state index contributed by atoms with van der Waals surface area (Å²) in [5.41, 5.74) is 1.02. The molecule has 0 saturated carbocycles. The first-order valence-corrected chi connectivity index (χ1v) is 14.2. The van der Waals surface area contributed by atoms with Crippen molar-refractivity contribution in [3.63, 3.8) is 0 Å². The van der Waals surface area contributed by atoms with Crippen LogP contribution in [0, 0.1) is 11.7 Å². The van der Waals surface area contributed by atoms with Crippen molar-refractivity contribution in [3.05, 3.63) is 78.1 Å². The fourth-order valence-electron chi connectivity index (χ4n) is 4.83. The Balaban J connectivity index is 1.49. The quantitative estimate of drug-likeness (QED) is 0.286. The van der Waals surface area contributed by atoms with Gasteiger partial charge >= 0.3 is 6.03 Å². The molecule has 4 rings (SSSR count). The van der Waals surface area contributed by atoms with E-state index in [1.54, 1.807) is 49.5 Å². The molecule has 41 heavy (non-hydrogen) atoms. The van der Waals surface area contributed by atoms with Crippen LogP contribution < -0.4 is 20.1 Å². The Labute approximate surface area is 241 Å². The average molecular weight is 563 g/mol. The van der Waals surface area contributed by atoms with Gasteiger partial charge in [0.2, 0.25) is 0 Å². The SMILES string of the molecule is CCC(CC)CN1CCCN(C(=O)Nc2cc(Oc3ccc(F)cc3)cc(Oc3ccc(C(=O)NC)cc3)c2)CC1. The Morgan fingerprint density at radius 3 is 2.02 bits per heavy atom. The number of halogens is 1. The minimum absolute atomic E-state index is 0.186. The number of carbonyl (C=O) groups is 2. The van der Waals surface area contributed by atoms with Gasteiger partial charge in [-0.3, -0.25) is 4.79 Å². The fourth-order valence-corrected chi connectivity index (χ4v) is 4.83. The van der Waals surface area contributed by atoms with Gasteiger partial charge in [-0.2, -0.15) is 0 Å². The molecule has 3 amide bonds. The summed E-state index contributed by atoms with van der Waals surface area (Å²) >= 11 is 0. The zero-order chi connectivity index (χ0) is 29.2. The summed E-state index contributed by atoms with van der Waals surface area (Å²) in [6, 6.07) is 17.4. The molecule has 1 fully saturated rings. The highest BCUT2D eigenvalue weighted by molar-refractivity contribution is 5.94. The van der Waals surface area contributed by atoms with E-state index in [-0.39, 0.29) is 17.8 Å². The lowest BCUT2D eigenvalue weighted by Gasteiger charge is -2.25. The molecule has 1 saturated heterocycles. The Bertz CT molecular complexity index is 1300. The first kappa shape index (κ1) is 29.9. The number of nitrogens with one attached hydrogen (secondary N) is 2. The lowest BCUT2D eigenvalue weighted by Crippen LogP contribution is -2.38. The first-order chi connectivity index (χ1) is 19.9. The number of ether oxygens (including phenoxy) is 2. The van der Waals surface area contributed by atoms with Gasteiger partial charge in [0.05, 0.1) is 0 Å². The number of rotatable bonds is 10. The summed E-state index contributed by atoms with van der Waals surface area (Å²) < 4.78 is 25.4. The predicted octanol–water partition coefficient (Wildman–Crippen LogP) is 6.75. The molecule has 218 valence electrons. The topological polar surface area (TPSA) is 83.1 Å². The molecule has 1 aliphatic heterocycles. The third kappa shape index (κ3) is 8.69. The van der Waals surface area contributed by atoms with Gasteiger partial charge < -0.3 is 29.9 Å². The van der Waals surface area contributed by atoms with E-state index < -0.39 is 0 Å². The van der Waals surface area contributed by atoms with Gasteiger partial charge in [0.1, 0.15) is 28.8 Å². The highest BCUT2D eigenvalue weighted by Crippen LogP contribution is 2.33. The zero-order valence-corrected chi connectivity index (χ0v) is 24.0. The maximum absolute atomic E-state index is 13.4. The molecule has 0 aliphatic carbocycles. The normalized spacial score (nSPS) is 13.9. The second-order valence-corrected chi connectivity index (χ2v) is 10.2. The number of urea groups is 1. The van der Waals surface area contributed by atoms with E-state index in [0.29, 0.717) is 53.3 Å². The number of nitrogens with zero attached hydrogens (tertiary/aromatic N) is 2. The van der Waals surface area contributed by atoms with Crippen molar-refractivity contribution in [2.24, 2.45) is 5.92 Å². The van der Waals surface area contributed by atoms with Crippen LogP contribution in [0.15, 0.2) is 66.7 Å². The van der Waals surface area contributed by atoms with Crippen molar-refractivity contribution in [1.29, 1.82) is 0 Å². The minimum atomic E-state index is -0.362. The minimum Gasteiger partial charge on any atom is -0.457 e. The Hall–Kier alpha value is -4.11. The molecule has 1 aliphatic rings. The molecule has 3 aromatic rings. The highest BCUT2D eigenvalue weighted by Gasteiger charge is 2.21. The van der Waals surface area contributed by atoms with Crippen LogP contribution in [0.1, 0.15) is 43.5 Å². The molecule has 2 N–H and O–H groups in total. The van der Waals surface area contributed by atoms with Crippen LogP contribution in [0.4, 0.5) is 14.9 Å². The van der Waals surface area contributed by atoms with Crippen LogP contribution in [0.3, 0.4) is 0 Å². The second kappa shape index (κ2) is 14.5. The third-order valence-electron chi connectivity index (χ3n) is 7.31. The van der Waals surface area contributed by atoms with Gasteiger partial charge in [-0.25, -0.2) is 9.18 Å². The molecule has 0 atom stereocenters. The summed E-state index contributed by atoms with van der Waals surface area (Å²) in [6.45, 7) is 8.69. The van der Waals surface area contributed by atoms with E-state index in [4.69, 9.17) is 9.47 Å². The van der Waals surface area contributed by atoms with Crippen molar-refractivity contribution >= 4 is 17.6 Å². The molecule has 0 radical (unpaired) electrons. The molecule has 1 heterocycles. The molecule has 3 aromatic carbocycles. The van der Waals surface area contributed by atoms with Gasteiger partial charge in [-0.15, -0.1) is 0 Å². The molecule has 8 nitrogen and oxygen atoms in total. The van der Waals surface area contributed by atoms with E-state index in [1.807, 2.05) is 4.90 Å². The molecule has 0 aromatic heterocycles. The Kier molecular flexibility index (Phi) is 10.6. The van der Waals surface area contributed by atoms with E-state index in [1.165, 1.54) is 24.3 Å². The van der Waals surface area contributed by atoms with Gasteiger partial charge in [0.25, 0.3) is 5.91 Å². The summed E-state index contributed by atoms with van der Waals surface area (Å²) in [6.07, 6.45) is 3.24. The lowest BCUT2D eigenvalue weighted by atomic mass is 10.0. The van der Waals surface area contributed by atoms with E-state index in [9.17, 15) is 14.0 Å². The number of amides is 3. The largest absolute Gasteiger partial charge is 0.457 e. The van der Waals surface area contributed by atoms with Crippen LogP contribution in [-0.4, -0.2) is 61.5 Å². The van der Waals surface area contributed by atoms with E-state index in [0.717, 1.165) is 38.9 Å². The van der Waals surface area contributed by atoms with Gasteiger partial charge in [-0.1, -0.05) is 26.7 Å². The van der Waals surface area contributed by atoms with Crippen molar-refractivity contribution in [2.75, 3.05) is 45.1 Å². The number of anilines is 1. The van der Waals surface area contributed by atoms with Crippen LogP contribution in [0.2, 0.25) is 0 Å². The molecular weight excluding hydrogens is 523 g/mol. The second-order valence-electron chi connectivity index (χ2n) is 10.2. The van der Waals surface area contributed by atoms with Crippen LogP contribution in [0.25, 0.3) is 0 Å². The predicted molar refractivity (Wildman–Crippen MR) is 159 cm³/mol. The zero-order valence-electron chi connectivity index (χ0n) is 24.0. The third-order valence-corrected chi connectivity index (χ3v) is 7.31. The fraction of sp³-hybridized carbons (Fsp3) is 0.375. The highest BCUT2D eigenvalue weighted by atomic mass is 19.1. The number of benzene rings is 3.